The van der Waals surface area contributed by atoms with Crippen LogP contribution in [0.3, 0.4) is 0 Å². The van der Waals surface area contributed by atoms with E-state index in [-0.39, 0.29) is 5.91 Å². The Kier molecular flexibility index (Phi) is 8.17. The standard InChI is InChI=1S/C22H30N4O4/c1-22(2,3)30-21(29)24-13-7-6-10-18(20(28)26-23)25-19(27)17-12-11-15-8-4-5-9-16(15)14-17/h4-5,8-9,11-12,14,18H,6-7,10,13,23H2,1-3H3,(H,24,29)(H,25,27)(H,26,28). The molecule has 0 spiro atoms. The van der Waals surface area contributed by atoms with Crippen molar-refractivity contribution in [3.05, 3.63) is 48.0 Å². The molecule has 0 heterocycles. The molecule has 0 aliphatic carbocycles. The van der Waals surface area contributed by atoms with Crippen molar-refractivity contribution >= 4 is 28.7 Å². The number of ether oxygens (including phenoxy) is 1. The van der Waals surface area contributed by atoms with Gasteiger partial charge >= 0.3 is 6.09 Å². The number of fused-ring (bicyclic) bond motifs is 1. The lowest BCUT2D eigenvalue weighted by Crippen LogP contribution is -2.49. The van der Waals surface area contributed by atoms with E-state index in [4.69, 9.17) is 10.6 Å². The van der Waals surface area contributed by atoms with Gasteiger partial charge in [-0.05, 0) is 62.9 Å². The Balaban J connectivity index is 1.87. The molecule has 0 saturated carbocycles. The van der Waals surface area contributed by atoms with Crippen molar-refractivity contribution in [1.82, 2.24) is 16.1 Å². The van der Waals surface area contributed by atoms with Gasteiger partial charge in [-0.2, -0.15) is 0 Å². The predicted octanol–water partition coefficient (Wildman–Crippen LogP) is 2.62. The lowest BCUT2D eigenvalue weighted by atomic mass is 10.1. The minimum atomic E-state index is -0.768. The number of carbonyl (C=O) groups is 3. The van der Waals surface area contributed by atoms with E-state index < -0.39 is 23.6 Å². The number of hydrazine groups is 1. The Hall–Kier alpha value is -3.13. The van der Waals surface area contributed by atoms with E-state index in [1.165, 1.54) is 0 Å². The van der Waals surface area contributed by atoms with Crippen LogP contribution in [0.25, 0.3) is 10.8 Å². The van der Waals surface area contributed by atoms with Gasteiger partial charge in [0.25, 0.3) is 11.8 Å². The summed E-state index contributed by atoms with van der Waals surface area (Å²) in [7, 11) is 0. The van der Waals surface area contributed by atoms with E-state index in [0.29, 0.717) is 31.4 Å². The van der Waals surface area contributed by atoms with E-state index in [0.717, 1.165) is 10.8 Å². The number of rotatable bonds is 8. The minimum absolute atomic E-state index is 0.346. The number of amides is 3. The maximum absolute atomic E-state index is 12.6. The first kappa shape index (κ1) is 23.2. The molecule has 2 aromatic rings. The molecule has 8 nitrogen and oxygen atoms in total. The molecule has 162 valence electrons. The van der Waals surface area contributed by atoms with Crippen LogP contribution in [0.1, 0.15) is 50.4 Å². The fourth-order valence-corrected chi connectivity index (χ4v) is 2.92. The zero-order valence-electron chi connectivity index (χ0n) is 17.7. The van der Waals surface area contributed by atoms with Crippen molar-refractivity contribution in [3.8, 4) is 0 Å². The first-order chi connectivity index (χ1) is 14.2. The van der Waals surface area contributed by atoms with Crippen molar-refractivity contribution in [2.45, 2.75) is 51.7 Å². The SMILES string of the molecule is CC(C)(C)OC(=O)NCCCCC(NC(=O)c1ccc2ccccc2c1)C(=O)NN. The molecule has 2 aromatic carbocycles. The summed E-state index contributed by atoms with van der Waals surface area (Å²) in [5.41, 5.74) is 2.01. The third-order valence-corrected chi connectivity index (χ3v) is 4.36. The van der Waals surface area contributed by atoms with Crippen molar-refractivity contribution in [2.75, 3.05) is 6.54 Å². The van der Waals surface area contributed by atoms with Crippen molar-refractivity contribution in [3.63, 3.8) is 0 Å². The van der Waals surface area contributed by atoms with Gasteiger partial charge in [-0.25, -0.2) is 10.6 Å². The molecule has 8 heteroatoms. The van der Waals surface area contributed by atoms with Crippen LogP contribution in [0.15, 0.2) is 42.5 Å². The molecule has 0 bridgehead atoms. The van der Waals surface area contributed by atoms with Crippen molar-refractivity contribution in [2.24, 2.45) is 5.84 Å². The summed E-state index contributed by atoms with van der Waals surface area (Å²) >= 11 is 0. The number of hydrogen-bond acceptors (Lipinski definition) is 5. The Morgan fingerprint density at radius 3 is 2.40 bits per heavy atom. The van der Waals surface area contributed by atoms with E-state index in [1.54, 1.807) is 32.9 Å². The van der Waals surface area contributed by atoms with Gasteiger partial charge in [-0.1, -0.05) is 30.3 Å². The molecule has 5 N–H and O–H groups in total. The number of benzene rings is 2. The van der Waals surface area contributed by atoms with E-state index >= 15 is 0 Å². The fraction of sp³-hybridized carbons (Fsp3) is 0.409. The average Bonchev–Trinajstić information content (AvgIpc) is 2.70. The van der Waals surface area contributed by atoms with Crippen LogP contribution in [0.5, 0.6) is 0 Å². The van der Waals surface area contributed by atoms with E-state index in [1.807, 2.05) is 30.3 Å². The van der Waals surface area contributed by atoms with Crippen LogP contribution in [0.2, 0.25) is 0 Å². The molecule has 0 radical (unpaired) electrons. The molecule has 1 atom stereocenters. The smallest absolute Gasteiger partial charge is 0.407 e. The Labute approximate surface area is 176 Å². The molecular weight excluding hydrogens is 384 g/mol. The summed E-state index contributed by atoms with van der Waals surface area (Å²) in [5.74, 6) is 4.45. The maximum Gasteiger partial charge on any atom is 0.407 e. The van der Waals surface area contributed by atoms with Crippen molar-refractivity contribution < 1.29 is 19.1 Å². The highest BCUT2D eigenvalue weighted by atomic mass is 16.6. The largest absolute Gasteiger partial charge is 0.444 e. The molecule has 0 saturated heterocycles. The Bertz CT molecular complexity index is 892. The lowest BCUT2D eigenvalue weighted by Gasteiger charge is -2.20. The molecule has 3 amide bonds. The van der Waals surface area contributed by atoms with Gasteiger partial charge < -0.3 is 15.4 Å². The molecular formula is C22H30N4O4. The highest BCUT2D eigenvalue weighted by Gasteiger charge is 2.21. The molecule has 0 aliphatic heterocycles. The van der Waals surface area contributed by atoms with E-state index in [2.05, 4.69) is 16.1 Å². The molecule has 0 aliphatic rings. The topological polar surface area (TPSA) is 123 Å². The van der Waals surface area contributed by atoms with Gasteiger partial charge in [0.15, 0.2) is 0 Å². The van der Waals surface area contributed by atoms with Gasteiger partial charge in [0.05, 0.1) is 0 Å². The normalized spacial score (nSPS) is 12.1. The van der Waals surface area contributed by atoms with Gasteiger partial charge in [-0.15, -0.1) is 0 Å². The van der Waals surface area contributed by atoms with E-state index in [9.17, 15) is 14.4 Å². The van der Waals surface area contributed by atoms with Gasteiger partial charge in [0.1, 0.15) is 11.6 Å². The van der Waals surface area contributed by atoms with Gasteiger partial charge in [0, 0.05) is 12.1 Å². The molecule has 30 heavy (non-hydrogen) atoms. The Morgan fingerprint density at radius 1 is 1.03 bits per heavy atom. The predicted molar refractivity (Wildman–Crippen MR) is 116 cm³/mol. The third kappa shape index (κ3) is 7.36. The molecule has 0 fully saturated rings. The maximum atomic E-state index is 12.6. The monoisotopic (exact) mass is 414 g/mol. The summed E-state index contributed by atoms with van der Waals surface area (Å²) in [6, 6.07) is 12.3. The van der Waals surface area contributed by atoms with Crippen LogP contribution < -0.4 is 21.9 Å². The van der Waals surface area contributed by atoms with Crippen LogP contribution in [-0.4, -0.2) is 36.1 Å². The fourth-order valence-electron chi connectivity index (χ4n) is 2.92. The summed E-state index contributed by atoms with van der Waals surface area (Å²) in [4.78, 5) is 36.3. The highest BCUT2D eigenvalue weighted by Crippen LogP contribution is 2.16. The summed E-state index contributed by atoms with van der Waals surface area (Å²) < 4.78 is 5.17. The number of unbranched alkanes of at least 4 members (excludes halogenated alkanes) is 1. The second-order valence-electron chi connectivity index (χ2n) is 8.02. The minimum Gasteiger partial charge on any atom is -0.444 e. The van der Waals surface area contributed by atoms with Gasteiger partial charge in [0.2, 0.25) is 0 Å². The number of nitrogens with two attached hydrogens (primary N) is 1. The second kappa shape index (κ2) is 10.6. The summed E-state index contributed by atoms with van der Waals surface area (Å²) in [6.45, 7) is 5.78. The third-order valence-electron chi connectivity index (χ3n) is 4.36. The molecule has 1 unspecified atom stereocenters. The van der Waals surface area contributed by atoms with Crippen LogP contribution in [-0.2, 0) is 9.53 Å². The first-order valence-corrected chi connectivity index (χ1v) is 9.96. The van der Waals surface area contributed by atoms with Gasteiger partial charge in [-0.3, -0.25) is 15.0 Å². The first-order valence-electron chi connectivity index (χ1n) is 9.96. The average molecular weight is 415 g/mol. The summed E-state index contributed by atoms with van der Waals surface area (Å²) in [5, 5.41) is 7.38. The van der Waals surface area contributed by atoms with Crippen molar-refractivity contribution in [1.29, 1.82) is 0 Å². The van der Waals surface area contributed by atoms with Crippen LogP contribution in [0, 0.1) is 0 Å². The number of carbonyl (C=O) groups excluding carboxylic acids is 3. The molecule has 0 aromatic heterocycles. The zero-order valence-corrected chi connectivity index (χ0v) is 17.7. The number of hydrogen-bond donors (Lipinski definition) is 4. The number of nitrogens with one attached hydrogen (secondary N) is 3. The second-order valence-corrected chi connectivity index (χ2v) is 8.02. The Morgan fingerprint density at radius 2 is 1.73 bits per heavy atom. The van der Waals surface area contributed by atoms with Crippen LogP contribution >= 0.6 is 0 Å². The number of alkyl carbamates (subject to hydrolysis) is 1. The quantitative estimate of drug-likeness (QED) is 0.229. The summed E-state index contributed by atoms with van der Waals surface area (Å²) in [6.07, 6.45) is 1.13. The lowest BCUT2D eigenvalue weighted by molar-refractivity contribution is -0.123. The highest BCUT2D eigenvalue weighted by molar-refractivity contribution is 6.00. The molecule has 2 rings (SSSR count). The zero-order chi connectivity index (χ0) is 22.1. The van der Waals surface area contributed by atoms with Crippen LogP contribution in [0.4, 0.5) is 4.79 Å².